The molecule has 0 aromatic heterocycles. The second-order valence-corrected chi connectivity index (χ2v) is 3.45. The summed E-state index contributed by atoms with van der Waals surface area (Å²) in [6, 6.07) is 8.40. The molecule has 0 atom stereocenters. The quantitative estimate of drug-likeness (QED) is 0.549. The summed E-state index contributed by atoms with van der Waals surface area (Å²) in [4.78, 5) is 0. The lowest BCUT2D eigenvalue weighted by Gasteiger charge is -2.07. The number of nitrogens with one attached hydrogen (secondary N) is 1. The number of para-hydroxylation sites is 1. The summed E-state index contributed by atoms with van der Waals surface area (Å²) in [7, 11) is 0. The van der Waals surface area contributed by atoms with Crippen molar-refractivity contribution >= 4 is 5.69 Å². The Hall–Kier alpha value is -1.24. The van der Waals surface area contributed by atoms with Crippen LogP contribution in [-0.2, 0) is 0 Å². The van der Waals surface area contributed by atoms with Crippen LogP contribution in [0.1, 0.15) is 25.3 Å². The first kappa shape index (κ1) is 10.8. The maximum absolute atomic E-state index is 3.44. The smallest absolute Gasteiger partial charge is 0.0369 e. The lowest BCUT2D eigenvalue weighted by atomic mass is 10.2. The molecular formula is C13H19N. The highest BCUT2D eigenvalue weighted by molar-refractivity contribution is 5.50. The SMILES string of the molecule is C/C=C/CCCNc1ccccc1C. The average Bonchev–Trinajstić information content (AvgIpc) is 2.20. The van der Waals surface area contributed by atoms with Crippen molar-refractivity contribution in [3.63, 3.8) is 0 Å². The number of hydrogen-bond acceptors (Lipinski definition) is 1. The second kappa shape index (κ2) is 6.25. The summed E-state index contributed by atoms with van der Waals surface area (Å²) in [6.45, 7) is 5.25. The molecule has 0 heterocycles. The zero-order valence-corrected chi connectivity index (χ0v) is 9.09. The third kappa shape index (κ3) is 3.65. The van der Waals surface area contributed by atoms with E-state index in [1.807, 2.05) is 0 Å². The van der Waals surface area contributed by atoms with E-state index in [9.17, 15) is 0 Å². The van der Waals surface area contributed by atoms with E-state index >= 15 is 0 Å². The van der Waals surface area contributed by atoms with Crippen molar-refractivity contribution in [2.45, 2.75) is 26.7 Å². The highest BCUT2D eigenvalue weighted by Crippen LogP contribution is 2.12. The van der Waals surface area contributed by atoms with Crippen molar-refractivity contribution in [1.29, 1.82) is 0 Å². The lowest BCUT2D eigenvalue weighted by molar-refractivity contribution is 0.887. The molecule has 0 amide bonds. The molecule has 1 rings (SSSR count). The summed E-state index contributed by atoms with van der Waals surface area (Å²) < 4.78 is 0. The number of benzene rings is 1. The number of allylic oxidation sites excluding steroid dienone is 2. The van der Waals surface area contributed by atoms with Gasteiger partial charge in [-0.3, -0.25) is 0 Å². The minimum absolute atomic E-state index is 1.05. The van der Waals surface area contributed by atoms with Gasteiger partial charge >= 0.3 is 0 Å². The minimum atomic E-state index is 1.05. The van der Waals surface area contributed by atoms with E-state index in [0.717, 1.165) is 13.0 Å². The fourth-order valence-electron chi connectivity index (χ4n) is 1.38. The molecule has 0 fully saturated rings. The van der Waals surface area contributed by atoms with Crippen molar-refractivity contribution in [2.24, 2.45) is 0 Å². The molecule has 0 aliphatic rings. The monoisotopic (exact) mass is 189 g/mol. The van der Waals surface area contributed by atoms with Gasteiger partial charge in [0.1, 0.15) is 0 Å². The fourth-order valence-corrected chi connectivity index (χ4v) is 1.38. The van der Waals surface area contributed by atoms with Crippen molar-refractivity contribution in [3.05, 3.63) is 42.0 Å². The van der Waals surface area contributed by atoms with Crippen molar-refractivity contribution in [2.75, 3.05) is 11.9 Å². The predicted octanol–water partition coefficient (Wildman–Crippen LogP) is 3.76. The maximum Gasteiger partial charge on any atom is 0.0369 e. The molecule has 1 N–H and O–H groups in total. The van der Waals surface area contributed by atoms with Gasteiger partial charge in [0.25, 0.3) is 0 Å². The molecule has 1 nitrogen and oxygen atoms in total. The summed E-state index contributed by atoms with van der Waals surface area (Å²) in [5.41, 5.74) is 2.58. The zero-order valence-electron chi connectivity index (χ0n) is 9.09. The largest absolute Gasteiger partial charge is 0.385 e. The third-order valence-electron chi connectivity index (χ3n) is 2.24. The second-order valence-electron chi connectivity index (χ2n) is 3.45. The van der Waals surface area contributed by atoms with E-state index in [4.69, 9.17) is 0 Å². The Kier molecular flexibility index (Phi) is 4.84. The van der Waals surface area contributed by atoms with Crippen molar-refractivity contribution in [3.8, 4) is 0 Å². The lowest BCUT2D eigenvalue weighted by Crippen LogP contribution is -2.02. The Balaban J connectivity index is 2.28. The van der Waals surface area contributed by atoms with Crippen molar-refractivity contribution in [1.82, 2.24) is 0 Å². The molecule has 14 heavy (non-hydrogen) atoms. The van der Waals surface area contributed by atoms with E-state index in [-0.39, 0.29) is 0 Å². The molecular weight excluding hydrogens is 170 g/mol. The molecule has 76 valence electrons. The van der Waals surface area contributed by atoms with E-state index in [1.54, 1.807) is 0 Å². The minimum Gasteiger partial charge on any atom is -0.385 e. The van der Waals surface area contributed by atoms with Crippen LogP contribution in [0.15, 0.2) is 36.4 Å². The molecule has 0 aliphatic heterocycles. The molecule has 0 unspecified atom stereocenters. The first-order chi connectivity index (χ1) is 6.84. The Morgan fingerprint density at radius 1 is 1.29 bits per heavy atom. The summed E-state index contributed by atoms with van der Waals surface area (Å²) in [6.07, 6.45) is 6.67. The van der Waals surface area contributed by atoms with E-state index in [0.29, 0.717) is 0 Å². The van der Waals surface area contributed by atoms with Crippen LogP contribution in [0.2, 0.25) is 0 Å². The average molecular weight is 189 g/mol. The van der Waals surface area contributed by atoms with Gasteiger partial charge in [0.05, 0.1) is 0 Å². The van der Waals surface area contributed by atoms with Crippen LogP contribution in [0.25, 0.3) is 0 Å². The van der Waals surface area contributed by atoms with Gasteiger partial charge in [-0.1, -0.05) is 30.4 Å². The van der Waals surface area contributed by atoms with Crippen LogP contribution < -0.4 is 5.32 Å². The number of anilines is 1. The van der Waals surface area contributed by atoms with Gasteiger partial charge in [0.2, 0.25) is 0 Å². The zero-order chi connectivity index (χ0) is 10.2. The standard InChI is InChI=1S/C13H19N/c1-3-4-5-8-11-14-13-10-7-6-9-12(13)2/h3-4,6-7,9-10,14H,5,8,11H2,1-2H3/b4-3+. The molecule has 0 aliphatic carbocycles. The van der Waals surface area contributed by atoms with Crippen LogP contribution >= 0.6 is 0 Å². The number of unbranched alkanes of at least 4 members (excludes halogenated alkanes) is 1. The van der Waals surface area contributed by atoms with Crippen LogP contribution in [0, 0.1) is 6.92 Å². The first-order valence-electron chi connectivity index (χ1n) is 5.25. The third-order valence-corrected chi connectivity index (χ3v) is 2.24. The highest BCUT2D eigenvalue weighted by atomic mass is 14.9. The Morgan fingerprint density at radius 2 is 2.07 bits per heavy atom. The normalized spacial score (nSPS) is 10.7. The fraction of sp³-hybridized carbons (Fsp3) is 0.385. The van der Waals surface area contributed by atoms with Crippen LogP contribution in [0.4, 0.5) is 5.69 Å². The molecule has 0 radical (unpaired) electrons. The van der Waals surface area contributed by atoms with E-state index in [1.165, 1.54) is 17.7 Å². The van der Waals surface area contributed by atoms with Gasteiger partial charge in [-0.05, 0) is 38.3 Å². The molecule has 1 heteroatoms. The van der Waals surface area contributed by atoms with Crippen LogP contribution in [-0.4, -0.2) is 6.54 Å². The summed E-state index contributed by atoms with van der Waals surface area (Å²) >= 11 is 0. The molecule has 0 saturated carbocycles. The summed E-state index contributed by atoms with van der Waals surface area (Å²) in [5.74, 6) is 0. The highest BCUT2D eigenvalue weighted by Gasteiger charge is 1.93. The van der Waals surface area contributed by atoms with E-state index in [2.05, 4.69) is 55.6 Å². The van der Waals surface area contributed by atoms with Gasteiger partial charge in [0.15, 0.2) is 0 Å². The Labute approximate surface area is 86.8 Å². The Bertz CT molecular complexity index is 289. The van der Waals surface area contributed by atoms with Crippen LogP contribution in [0.3, 0.4) is 0 Å². The molecule has 0 bridgehead atoms. The molecule has 0 saturated heterocycles. The number of hydrogen-bond donors (Lipinski definition) is 1. The molecule has 1 aromatic carbocycles. The van der Waals surface area contributed by atoms with Gasteiger partial charge in [-0.15, -0.1) is 0 Å². The molecule has 1 aromatic rings. The van der Waals surface area contributed by atoms with Gasteiger partial charge in [-0.25, -0.2) is 0 Å². The van der Waals surface area contributed by atoms with Gasteiger partial charge in [0, 0.05) is 12.2 Å². The van der Waals surface area contributed by atoms with Crippen molar-refractivity contribution < 1.29 is 0 Å². The van der Waals surface area contributed by atoms with E-state index < -0.39 is 0 Å². The Morgan fingerprint density at radius 3 is 2.79 bits per heavy atom. The topological polar surface area (TPSA) is 12.0 Å². The number of rotatable bonds is 5. The van der Waals surface area contributed by atoms with Gasteiger partial charge in [-0.2, -0.15) is 0 Å². The van der Waals surface area contributed by atoms with Crippen LogP contribution in [0.5, 0.6) is 0 Å². The first-order valence-corrected chi connectivity index (χ1v) is 5.25. The van der Waals surface area contributed by atoms with Gasteiger partial charge < -0.3 is 5.32 Å². The number of aryl methyl sites for hydroxylation is 1. The maximum atomic E-state index is 3.44. The predicted molar refractivity (Wildman–Crippen MR) is 63.7 cm³/mol. The molecule has 0 spiro atoms. The summed E-state index contributed by atoms with van der Waals surface area (Å²) in [5, 5.41) is 3.44.